The van der Waals surface area contributed by atoms with E-state index in [2.05, 4.69) is 15.9 Å². The molecule has 0 aliphatic heterocycles. The van der Waals surface area contributed by atoms with E-state index in [0.717, 1.165) is 5.56 Å². The molecule has 0 unspecified atom stereocenters. The Morgan fingerprint density at radius 3 is 2.38 bits per heavy atom. The lowest BCUT2D eigenvalue weighted by Gasteiger charge is -2.15. The molecule has 6 heteroatoms. The molecule has 16 heavy (non-hydrogen) atoms. The van der Waals surface area contributed by atoms with E-state index in [1.54, 1.807) is 24.3 Å². The predicted molar refractivity (Wildman–Crippen MR) is 65.3 cm³/mol. The zero-order valence-corrected chi connectivity index (χ0v) is 11.1. The van der Waals surface area contributed by atoms with Crippen molar-refractivity contribution in [2.24, 2.45) is 0 Å². The Bertz CT molecular complexity index is 491. The molecule has 0 heterocycles. The summed E-state index contributed by atoms with van der Waals surface area (Å²) in [5.74, 6) is 0. The molecular weight excluding hydrogens is 292 g/mol. The molecule has 1 rings (SSSR count). The summed E-state index contributed by atoms with van der Waals surface area (Å²) in [6.45, 7) is 0.305. The summed E-state index contributed by atoms with van der Waals surface area (Å²) < 4.78 is 24.1. The lowest BCUT2D eigenvalue weighted by atomic mass is 10.1. The fourth-order valence-electron chi connectivity index (χ4n) is 1.12. The smallest absolute Gasteiger partial charge is 0.211 e. The summed E-state index contributed by atoms with van der Waals surface area (Å²) in [5, 5.41) is 8.62. The predicted octanol–water partition coefficient (Wildman–Crippen LogP) is 1.67. The Labute approximate surface area is 104 Å². The van der Waals surface area contributed by atoms with Crippen molar-refractivity contribution in [3.05, 3.63) is 35.4 Å². The molecule has 0 saturated carbocycles. The lowest BCUT2D eigenvalue weighted by Crippen LogP contribution is -2.26. The van der Waals surface area contributed by atoms with Crippen LogP contribution in [0.3, 0.4) is 0 Å². The number of benzene rings is 1. The molecule has 0 spiro atoms. The second kappa shape index (κ2) is 5.43. The molecule has 0 bridgehead atoms. The fourth-order valence-corrected chi connectivity index (χ4v) is 2.68. The van der Waals surface area contributed by atoms with Crippen molar-refractivity contribution in [2.75, 3.05) is 11.7 Å². The van der Waals surface area contributed by atoms with E-state index in [1.807, 2.05) is 6.07 Å². The third-order valence-corrected chi connectivity index (χ3v) is 5.19. The summed E-state index contributed by atoms with van der Waals surface area (Å²) in [6, 6.07) is 8.85. The summed E-state index contributed by atoms with van der Waals surface area (Å²) in [4.78, 5) is 0. The van der Waals surface area contributed by atoms with Gasteiger partial charge < -0.3 is 0 Å². The van der Waals surface area contributed by atoms with Crippen LogP contribution in [-0.2, 0) is 16.6 Å². The number of hydrogen-bond acceptors (Lipinski definition) is 3. The monoisotopic (exact) mass is 302 g/mol. The molecule has 0 fully saturated rings. The molecule has 0 saturated heterocycles. The Kier molecular flexibility index (Phi) is 4.47. The van der Waals surface area contributed by atoms with E-state index in [4.69, 9.17) is 5.26 Å². The van der Waals surface area contributed by atoms with Gasteiger partial charge in [0.25, 0.3) is 0 Å². The number of hydrogen-bond donors (Lipinski definition) is 0. The van der Waals surface area contributed by atoms with Gasteiger partial charge in [-0.15, -0.1) is 0 Å². The fraction of sp³-hybridized carbons (Fsp3) is 0.300. The van der Waals surface area contributed by atoms with Gasteiger partial charge in [0, 0.05) is 13.6 Å². The Hall–Kier alpha value is -0.900. The first-order valence-electron chi connectivity index (χ1n) is 4.48. The first kappa shape index (κ1) is 13.2. The summed E-state index contributed by atoms with van der Waals surface area (Å²) in [5.41, 5.74) is 1.42. The zero-order valence-electron chi connectivity index (χ0n) is 8.72. The van der Waals surface area contributed by atoms with Gasteiger partial charge in [-0.3, -0.25) is 0 Å². The summed E-state index contributed by atoms with van der Waals surface area (Å²) in [6.07, 6.45) is 0. The van der Waals surface area contributed by atoms with Crippen molar-refractivity contribution in [1.82, 2.24) is 4.31 Å². The lowest BCUT2D eigenvalue weighted by molar-refractivity contribution is 0.471. The summed E-state index contributed by atoms with van der Waals surface area (Å²) >= 11 is 2.93. The minimum Gasteiger partial charge on any atom is -0.211 e. The van der Waals surface area contributed by atoms with Crippen LogP contribution in [0.15, 0.2) is 24.3 Å². The average molecular weight is 303 g/mol. The van der Waals surface area contributed by atoms with Crippen LogP contribution in [0.1, 0.15) is 11.1 Å². The molecule has 0 aromatic heterocycles. The van der Waals surface area contributed by atoms with Crippen LogP contribution < -0.4 is 0 Å². The molecule has 0 N–H and O–H groups in total. The van der Waals surface area contributed by atoms with E-state index < -0.39 is 10.0 Å². The second-order valence-electron chi connectivity index (χ2n) is 3.29. The molecule has 4 nitrogen and oxygen atoms in total. The summed E-state index contributed by atoms with van der Waals surface area (Å²) in [7, 11) is -1.70. The SMILES string of the molecule is CN(Cc1ccc(C#N)cc1)S(=O)(=O)CBr. The highest BCUT2D eigenvalue weighted by molar-refractivity contribution is 9.10. The normalized spacial score (nSPS) is 11.4. The molecular formula is C10H11BrN2O2S. The van der Waals surface area contributed by atoms with Gasteiger partial charge >= 0.3 is 0 Å². The number of nitriles is 1. The highest BCUT2D eigenvalue weighted by Crippen LogP contribution is 2.10. The number of halogens is 1. The minimum absolute atomic E-state index is 0.0905. The minimum atomic E-state index is -3.23. The van der Waals surface area contributed by atoms with Crippen LogP contribution in [0.2, 0.25) is 0 Å². The number of rotatable bonds is 4. The van der Waals surface area contributed by atoms with Crippen molar-refractivity contribution in [3.8, 4) is 6.07 Å². The van der Waals surface area contributed by atoms with Crippen LogP contribution in [0, 0.1) is 11.3 Å². The Morgan fingerprint density at radius 2 is 1.94 bits per heavy atom. The van der Waals surface area contributed by atoms with Gasteiger partial charge in [-0.1, -0.05) is 28.1 Å². The highest BCUT2D eigenvalue weighted by Gasteiger charge is 2.15. The van der Waals surface area contributed by atoms with E-state index in [0.29, 0.717) is 12.1 Å². The maximum absolute atomic E-state index is 11.5. The van der Waals surface area contributed by atoms with E-state index in [1.165, 1.54) is 11.4 Å². The standard InChI is InChI=1S/C10H11BrN2O2S/c1-13(16(14,15)8-11)7-10-4-2-9(6-12)3-5-10/h2-5H,7-8H2,1H3. The third kappa shape index (κ3) is 3.30. The second-order valence-corrected chi connectivity index (χ2v) is 6.66. The highest BCUT2D eigenvalue weighted by atomic mass is 79.9. The molecule has 0 radical (unpaired) electrons. The first-order valence-corrected chi connectivity index (χ1v) is 7.21. The van der Waals surface area contributed by atoms with Crippen LogP contribution in [-0.4, -0.2) is 24.4 Å². The van der Waals surface area contributed by atoms with E-state index in [9.17, 15) is 8.42 Å². The van der Waals surface area contributed by atoms with Crippen LogP contribution in [0.4, 0.5) is 0 Å². The quantitative estimate of drug-likeness (QED) is 0.795. The number of sulfonamides is 1. The van der Waals surface area contributed by atoms with Gasteiger partial charge in [0.15, 0.2) is 0 Å². The van der Waals surface area contributed by atoms with Crippen molar-refractivity contribution < 1.29 is 8.42 Å². The molecule has 86 valence electrons. The maximum Gasteiger partial charge on any atom is 0.224 e. The van der Waals surface area contributed by atoms with Crippen molar-refractivity contribution in [2.45, 2.75) is 6.54 Å². The molecule has 0 atom stereocenters. The van der Waals surface area contributed by atoms with E-state index in [-0.39, 0.29) is 4.66 Å². The van der Waals surface area contributed by atoms with Crippen molar-refractivity contribution in [1.29, 1.82) is 5.26 Å². The van der Waals surface area contributed by atoms with Crippen molar-refractivity contribution >= 4 is 26.0 Å². The molecule has 1 aromatic carbocycles. The van der Waals surface area contributed by atoms with Gasteiger partial charge in [0.05, 0.1) is 11.6 Å². The van der Waals surface area contributed by atoms with Crippen LogP contribution in [0.5, 0.6) is 0 Å². The van der Waals surface area contributed by atoms with E-state index >= 15 is 0 Å². The van der Waals surface area contributed by atoms with Gasteiger partial charge in [0.2, 0.25) is 10.0 Å². The zero-order chi connectivity index (χ0) is 12.2. The molecule has 0 amide bonds. The number of nitrogens with zero attached hydrogens (tertiary/aromatic N) is 2. The molecule has 0 aliphatic carbocycles. The number of alkyl halides is 1. The molecule has 0 aliphatic rings. The van der Waals surface area contributed by atoms with Gasteiger partial charge in [-0.2, -0.15) is 9.57 Å². The Balaban J connectivity index is 2.78. The average Bonchev–Trinajstić information content (AvgIpc) is 2.30. The van der Waals surface area contributed by atoms with Crippen LogP contribution in [0.25, 0.3) is 0 Å². The van der Waals surface area contributed by atoms with Gasteiger partial charge in [-0.25, -0.2) is 8.42 Å². The third-order valence-electron chi connectivity index (χ3n) is 2.10. The first-order chi connectivity index (χ1) is 7.49. The van der Waals surface area contributed by atoms with Gasteiger partial charge in [-0.05, 0) is 17.7 Å². The maximum atomic E-state index is 11.5. The topological polar surface area (TPSA) is 61.2 Å². The van der Waals surface area contributed by atoms with Gasteiger partial charge in [0.1, 0.15) is 4.66 Å². The molecule has 1 aromatic rings. The Morgan fingerprint density at radius 1 is 1.38 bits per heavy atom. The van der Waals surface area contributed by atoms with Crippen LogP contribution >= 0.6 is 15.9 Å². The largest absolute Gasteiger partial charge is 0.224 e. The van der Waals surface area contributed by atoms with Crippen molar-refractivity contribution in [3.63, 3.8) is 0 Å².